The van der Waals surface area contributed by atoms with Crippen LogP contribution in [0, 0.1) is 0 Å². The van der Waals surface area contributed by atoms with Crippen LogP contribution in [0.25, 0.3) is 0 Å². The number of hydrogen-bond donors (Lipinski definition) is 0. The first kappa shape index (κ1) is 9.13. The summed E-state index contributed by atoms with van der Waals surface area (Å²) in [7, 11) is 1.62. The Hall–Kier alpha value is -0.960. The van der Waals surface area contributed by atoms with Gasteiger partial charge in [-0.25, -0.2) is 0 Å². The summed E-state index contributed by atoms with van der Waals surface area (Å²) in [4.78, 5) is 0. The predicted molar refractivity (Wildman–Crippen MR) is 51.5 cm³/mol. The molecular formula is C9H9BrO2. The first-order valence-corrected chi connectivity index (χ1v) is 4.18. The van der Waals surface area contributed by atoms with E-state index in [0.717, 1.165) is 16.0 Å². The number of ether oxygens (including phenoxy) is 2. The van der Waals surface area contributed by atoms with Crippen LogP contribution >= 0.6 is 15.9 Å². The van der Waals surface area contributed by atoms with E-state index < -0.39 is 0 Å². The van der Waals surface area contributed by atoms with Gasteiger partial charge in [0.05, 0.1) is 17.8 Å². The summed E-state index contributed by atoms with van der Waals surface area (Å²) in [6.45, 7) is 3.47. The summed E-state index contributed by atoms with van der Waals surface area (Å²) >= 11 is 3.34. The van der Waals surface area contributed by atoms with E-state index in [1.165, 1.54) is 6.26 Å². The Labute approximate surface area is 79.9 Å². The van der Waals surface area contributed by atoms with Gasteiger partial charge in [-0.15, -0.1) is 0 Å². The quantitative estimate of drug-likeness (QED) is 0.741. The summed E-state index contributed by atoms with van der Waals surface area (Å²) in [6, 6.07) is 5.47. The molecule has 1 rings (SSSR count). The number of hydrogen-bond acceptors (Lipinski definition) is 2. The SMILES string of the molecule is C=COc1ccc(OC)cc1Br. The van der Waals surface area contributed by atoms with Crippen LogP contribution in [0.15, 0.2) is 35.5 Å². The molecular weight excluding hydrogens is 220 g/mol. The van der Waals surface area contributed by atoms with Crippen molar-refractivity contribution in [2.75, 3.05) is 7.11 Å². The molecule has 0 atom stereocenters. The fraction of sp³-hybridized carbons (Fsp3) is 0.111. The van der Waals surface area contributed by atoms with Gasteiger partial charge in [0.2, 0.25) is 0 Å². The molecule has 0 radical (unpaired) electrons. The third-order valence-corrected chi connectivity index (χ3v) is 1.97. The van der Waals surface area contributed by atoms with E-state index in [4.69, 9.17) is 9.47 Å². The van der Waals surface area contributed by atoms with Crippen LogP contribution < -0.4 is 9.47 Å². The third-order valence-electron chi connectivity index (χ3n) is 1.35. The number of rotatable bonds is 3. The summed E-state index contributed by atoms with van der Waals surface area (Å²) in [5.74, 6) is 1.52. The molecule has 0 spiro atoms. The second kappa shape index (κ2) is 4.16. The molecule has 0 N–H and O–H groups in total. The van der Waals surface area contributed by atoms with Gasteiger partial charge < -0.3 is 9.47 Å². The Morgan fingerprint density at radius 1 is 1.50 bits per heavy atom. The average molecular weight is 229 g/mol. The molecule has 1 aromatic rings. The highest BCUT2D eigenvalue weighted by Crippen LogP contribution is 2.28. The van der Waals surface area contributed by atoms with Crippen LogP contribution in [-0.4, -0.2) is 7.11 Å². The molecule has 3 heteroatoms. The van der Waals surface area contributed by atoms with Gasteiger partial charge in [-0.3, -0.25) is 0 Å². The molecule has 0 saturated heterocycles. The average Bonchev–Trinajstić information content (AvgIpc) is 2.09. The Morgan fingerprint density at radius 2 is 2.25 bits per heavy atom. The molecule has 0 fully saturated rings. The monoisotopic (exact) mass is 228 g/mol. The molecule has 0 aliphatic carbocycles. The van der Waals surface area contributed by atoms with Crippen molar-refractivity contribution in [2.24, 2.45) is 0 Å². The Morgan fingerprint density at radius 3 is 2.75 bits per heavy atom. The van der Waals surface area contributed by atoms with E-state index in [9.17, 15) is 0 Å². The first-order valence-electron chi connectivity index (χ1n) is 3.39. The molecule has 0 aliphatic rings. The highest BCUT2D eigenvalue weighted by molar-refractivity contribution is 9.10. The van der Waals surface area contributed by atoms with Crippen molar-refractivity contribution in [3.8, 4) is 11.5 Å². The van der Waals surface area contributed by atoms with Gasteiger partial charge in [-0.05, 0) is 34.1 Å². The molecule has 0 heterocycles. The minimum Gasteiger partial charge on any atom is -0.497 e. The van der Waals surface area contributed by atoms with Crippen molar-refractivity contribution in [3.05, 3.63) is 35.5 Å². The highest BCUT2D eigenvalue weighted by Gasteiger charge is 2.00. The standard InChI is InChI=1S/C9H9BrO2/c1-3-12-9-5-4-7(11-2)6-8(9)10/h3-6H,1H2,2H3. The van der Waals surface area contributed by atoms with Crippen LogP contribution in [0.5, 0.6) is 11.5 Å². The lowest BCUT2D eigenvalue weighted by Crippen LogP contribution is -1.85. The minimum atomic E-state index is 0.728. The van der Waals surface area contributed by atoms with E-state index in [2.05, 4.69) is 22.5 Å². The zero-order chi connectivity index (χ0) is 8.97. The van der Waals surface area contributed by atoms with E-state index in [-0.39, 0.29) is 0 Å². The lowest BCUT2D eigenvalue weighted by molar-refractivity contribution is 0.412. The maximum atomic E-state index is 5.10. The first-order chi connectivity index (χ1) is 5.77. The lowest BCUT2D eigenvalue weighted by Gasteiger charge is -2.04. The van der Waals surface area contributed by atoms with Crippen LogP contribution in [0.1, 0.15) is 0 Å². The Bertz CT molecular complexity index is 284. The minimum absolute atomic E-state index is 0.728. The van der Waals surface area contributed by atoms with Gasteiger partial charge in [0, 0.05) is 0 Å². The van der Waals surface area contributed by atoms with Gasteiger partial charge >= 0.3 is 0 Å². The lowest BCUT2D eigenvalue weighted by atomic mass is 10.3. The Kier molecular flexibility index (Phi) is 3.17. The maximum Gasteiger partial charge on any atom is 0.140 e. The molecule has 64 valence electrons. The molecule has 1 aromatic carbocycles. The normalized spacial score (nSPS) is 9.17. The van der Waals surface area contributed by atoms with Crippen LogP contribution in [0.4, 0.5) is 0 Å². The third kappa shape index (κ3) is 2.01. The van der Waals surface area contributed by atoms with E-state index in [1.54, 1.807) is 7.11 Å². The molecule has 2 nitrogen and oxygen atoms in total. The maximum absolute atomic E-state index is 5.10. The van der Waals surface area contributed by atoms with Crippen molar-refractivity contribution < 1.29 is 9.47 Å². The zero-order valence-corrected chi connectivity index (χ0v) is 8.30. The molecule has 0 saturated carbocycles. The predicted octanol–water partition coefficient (Wildman–Crippen LogP) is 2.98. The summed E-state index contributed by atoms with van der Waals surface area (Å²) < 4.78 is 11.0. The second-order valence-corrected chi connectivity index (χ2v) is 2.94. The van der Waals surface area contributed by atoms with Crippen molar-refractivity contribution in [2.45, 2.75) is 0 Å². The smallest absolute Gasteiger partial charge is 0.140 e. The molecule has 0 bridgehead atoms. The summed E-state index contributed by atoms with van der Waals surface area (Å²) in [5, 5.41) is 0. The van der Waals surface area contributed by atoms with Gasteiger partial charge in [0.15, 0.2) is 0 Å². The van der Waals surface area contributed by atoms with Gasteiger partial charge in [-0.1, -0.05) is 6.58 Å². The van der Waals surface area contributed by atoms with Crippen LogP contribution in [0.3, 0.4) is 0 Å². The molecule has 0 amide bonds. The van der Waals surface area contributed by atoms with E-state index in [0.29, 0.717) is 0 Å². The van der Waals surface area contributed by atoms with Crippen molar-refractivity contribution >= 4 is 15.9 Å². The summed E-state index contributed by atoms with van der Waals surface area (Å²) in [6.07, 6.45) is 1.38. The van der Waals surface area contributed by atoms with E-state index >= 15 is 0 Å². The second-order valence-electron chi connectivity index (χ2n) is 2.08. The van der Waals surface area contributed by atoms with E-state index in [1.807, 2.05) is 18.2 Å². The summed E-state index contributed by atoms with van der Waals surface area (Å²) in [5.41, 5.74) is 0. The molecule has 0 aromatic heterocycles. The number of halogens is 1. The fourth-order valence-corrected chi connectivity index (χ4v) is 1.25. The van der Waals surface area contributed by atoms with Crippen molar-refractivity contribution in [1.29, 1.82) is 0 Å². The van der Waals surface area contributed by atoms with Crippen molar-refractivity contribution in [1.82, 2.24) is 0 Å². The molecule has 0 aliphatic heterocycles. The van der Waals surface area contributed by atoms with Crippen LogP contribution in [-0.2, 0) is 0 Å². The van der Waals surface area contributed by atoms with Crippen molar-refractivity contribution in [3.63, 3.8) is 0 Å². The highest BCUT2D eigenvalue weighted by atomic mass is 79.9. The molecule has 12 heavy (non-hydrogen) atoms. The van der Waals surface area contributed by atoms with Gasteiger partial charge in [-0.2, -0.15) is 0 Å². The fourth-order valence-electron chi connectivity index (χ4n) is 0.794. The number of benzene rings is 1. The number of methoxy groups -OCH3 is 1. The largest absolute Gasteiger partial charge is 0.497 e. The van der Waals surface area contributed by atoms with Crippen LogP contribution in [0.2, 0.25) is 0 Å². The van der Waals surface area contributed by atoms with Gasteiger partial charge in [0.25, 0.3) is 0 Å². The molecule has 0 unspecified atom stereocenters. The zero-order valence-electron chi connectivity index (χ0n) is 6.71. The van der Waals surface area contributed by atoms with Gasteiger partial charge in [0.1, 0.15) is 11.5 Å². The topological polar surface area (TPSA) is 18.5 Å². The Balaban J connectivity index is 2.94.